The molecule has 3 aliphatic rings. The Kier molecular flexibility index (Phi) is 6.53. The summed E-state index contributed by atoms with van der Waals surface area (Å²) in [6.07, 6.45) is 11.1. The molecule has 2 aromatic heterocycles. The van der Waals surface area contributed by atoms with E-state index in [1.165, 1.54) is 35.4 Å². The molecule has 1 amide bonds. The largest absolute Gasteiger partial charge is 0.376 e. The average Bonchev–Trinajstić information content (AvgIpc) is 3.45. The number of pyridine rings is 1. The maximum atomic E-state index is 13.5. The molecular weight excluding hydrogens is 456 g/mol. The third-order valence-electron chi connectivity index (χ3n) is 6.76. The summed E-state index contributed by atoms with van der Waals surface area (Å²) in [5, 5.41) is 0. The minimum absolute atomic E-state index is 0.0211. The Morgan fingerprint density at radius 1 is 1.21 bits per heavy atom. The molecule has 2 saturated heterocycles. The highest BCUT2D eigenvalue weighted by atomic mass is 32.2. The van der Waals surface area contributed by atoms with E-state index in [4.69, 9.17) is 21.9 Å². The summed E-state index contributed by atoms with van der Waals surface area (Å²) in [4.78, 5) is 35.8. The predicted molar refractivity (Wildman–Crippen MR) is 136 cm³/mol. The van der Waals surface area contributed by atoms with E-state index in [1.54, 1.807) is 17.2 Å². The molecule has 33 heavy (non-hydrogen) atoms. The molecule has 2 aromatic rings. The number of ether oxygens (including phenoxy) is 1. The van der Waals surface area contributed by atoms with Crippen molar-refractivity contribution in [3.63, 3.8) is 0 Å². The van der Waals surface area contributed by atoms with Gasteiger partial charge in [0.25, 0.3) is 11.5 Å². The number of rotatable bonds is 5. The minimum Gasteiger partial charge on any atom is -0.376 e. The Labute approximate surface area is 202 Å². The van der Waals surface area contributed by atoms with Crippen LogP contribution < -0.4 is 10.5 Å². The number of aromatic nitrogens is 2. The lowest BCUT2D eigenvalue weighted by molar-refractivity contribution is -0.123. The van der Waals surface area contributed by atoms with Gasteiger partial charge in [0, 0.05) is 25.9 Å². The molecule has 1 aliphatic carbocycles. The maximum absolute atomic E-state index is 13.5. The van der Waals surface area contributed by atoms with Gasteiger partial charge < -0.3 is 9.64 Å². The standard InChI is InChI=1S/C24H28N4O3S2/c1-26(16-8-3-2-4-9-16)21-18(22(29)27-12-6-5-11-20(27)25-21)14-19-23(30)28(24(32)33-19)15-17-10-7-13-31-17/h5-6,11-12,14,16-17H,2-4,7-10,13,15H2,1H3/b19-14-/t17-/m0/s1. The number of thiocarbonyl (C=S) groups is 1. The van der Waals surface area contributed by atoms with E-state index in [0.29, 0.717) is 38.8 Å². The Bertz CT molecular complexity index is 1170. The van der Waals surface area contributed by atoms with E-state index < -0.39 is 0 Å². The summed E-state index contributed by atoms with van der Waals surface area (Å²) in [6, 6.07) is 5.86. The Morgan fingerprint density at radius 3 is 2.79 bits per heavy atom. The third kappa shape index (κ3) is 4.46. The highest BCUT2D eigenvalue weighted by Gasteiger charge is 2.35. The fourth-order valence-corrected chi connectivity index (χ4v) is 6.16. The van der Waals surface area contributed by atoms with E-state index in [9.17, 15) is 9.59 Å². The first-order chi connectivity index (χ1) is 16.0. The van der Waals surface area contributed by atoms with Gasteiger partial charge in [-0.05, 0) is 43.9 Å². The second-order valence-electron chi connectivity index (χ2n) is 8.91. The SMILES string of the molecule is CN(c1nc2ccccn2c(=O)c1/C=C1\SC(=S)N(C[C@@H]2CCCO2)C1=O)C1CCCCC1. The van der Waals surface area contributed by atoms with Crippen LogP contribution in [0, 0.1) is 0 Å². The number of amides is 1. The molecule has 0 unspecified atom stereocenters. The monoisotopic (exact) mass is 484 g/mol. The zero-order valence-corrected chi connectivity index (χ0v) is 20.4. The van der Waals surface area contributed by atoms with Crippen molar-refractivity contribution in [1.82, 2.24) is 14.3 Å². The molecule has 1 saturated carbocycles. The van der Waals surface area contributed by atoms with Crippen LogP contribution in [0.25, 0.3) is 11.7 Å². The van der Waals surface area contributed by atoms with Gasteiger partial charge in [0.1, 0.15) is 15.8 Å². The van der Waals surface area contributed by atoms with Crippen molar-refractivity contribution in [2.75, 3.05) is 25.1 Å². The third-order valence-corrected chi connectivity index (χ3v) is 8.14. The van der Waals surface area contributed by atoms with Gasteiger partial charge in [0.2, 0.25) is 0 Å². The van der Waals surface area contributed by atoms with Crippen LogP contribution in [0.3, 0.4) is 0 Å². The fourth-order valence-electron chi connectivity index (χ4n) is 4.91. The van der Waals surface area contributed by atoms with Gasteiger partial charge in [-0.25, -0.2) is 4.98 Å². The van der Waals surface area contributed by atoms with Gasteiger partial charge in [-0.3, -0.25) is 18.9 Å². The number of hydrogen-bond acceptors (Lipinski definition) is 7. The second kappa shape index (κ2) is 9.56. The van der Waals surface area contributed by atoms with Crippen LogP contribution >= 0.6 is 24.0 Å². The molecule has 4 heterocycles. The molecule has 0 N–H and O–H groups in total. The van der Waals surface area contributed by atoms with Crippen LogP contribution in [0.5, 0.6) is 0 Å². The Morgan fingerprint density at radius 2 is 2.03 bits per heavy atom. The van der Waals surface area contributed by atoms with Crippen molar-refractivity contribution in [3.8, 4) is 0 Å². The second-order valence-corrected chi connectivity index (χ2v) is 10.6. The number of nitrogens with zero attached hydrogens (tertiary/aromatic N) is 4. The summed E-state index contributed by atoms with van der Waals surface area (Å²) < 4.78 is 7.75. The van der Waals surface area contributed by atoms with Gasteiger partial charge in [-0.1, -0.05) is 49.3 Å². The molecule has 1 atom stereocenters. The number of fused-ring (bicyclic) bond motifs is 1. The van der Waals surface area contributed by atoms with Gasteiger partial charge in [-0.15, -0.1) is 0 Å². The van der Waals surface area contributed by atoms with Gasteiger partial charge in [-0.2, -0.15) is 0 Å². The molecule has 5 rings (SSSR count). The van der Waals surface area contributed by atoms with Crippen LogP contribution in [0.1, 0.15) is 50.5 Å². The highest BCUT2D eigenvalue weighted by Crippen LogP contribution is 2.35. The van der Waals surface area contributed by atoms with E-state index in [1.807, 2.05) is 25.2 Å². The van der Waals surface area contributed by atoms with E-state index >= 15 is 0 Å². The zero-order chi connectivity index (χ0) is 22.9. The summed E-state index contributed by atoms with van der Waals surface area (Å²) in [5.74, 6) is 0.465. The number of carbonyl (C=O) groups excluding carboxylic acids is 1. The molecule has 174 valence electrons. The van der Waals surface area contributed by atoms with Crippen molar-refractivity contribution in [2.45, 2.75) is 57.1 Å². The van der Waals surface area contributed by atoms with Crippen LogP contribution in [0.2, 0.25) is 0 Å². The van der Waals surface area contributed by atoms with Crippen molar-refractivity contribution >= 4 is 51.7 Å². The van der Waals surface area contributed by atoms with Gasteiger partial charge in [0.05, 0.1) is 23.1 Å². The smallest absolute Gasteiger partial charge is 0.267 e. The molecule has 0 bridgehead atoms. The van der Waals surface area contributed by atoms with Crippen LogP contribution in [0.4, 0.5) is 5.82 Å². The zero-order valence-electron chi connectivity index (χ0n) is 18.7. The first-order valence-corrected chi connectivity index (χ1v) is 12.9. The lowest BCUT2D eigenvalue weighted by Crippen LogP contribution is -2.36. The van der Waals surface area contributed by atoms with E-state index in [-0.39, 0.29) is 17.6 Å². The lowest BCUT2D eigenvalue weighted by atomic mass is 9.94. The number of anilines is 1. The van der Waals surface area contributed by atoms with Crippen LogP contribution in [-0.4, -0.2) is 56.9 Å². The average molecular weight is 485 g/mol. The first-order valence-electron chi connectivity index (χ1n) is 11.6. The number of hydrogen-bond donors (Lipinski definition) is 0. The Balaban J connectivity index is 1.54. The fraction of sp³-hybridized carbons (Fsp3) is 0.500. The number of carbonyl (C=O) groups is 1. The predicted octanol–water partition coefficient (Wildman–Crippen LogP) is 3.84. The van der Waals surface area contributed by atoms with Crippen molar-refractivity contribution < 1.29 is 9.53 Å². The summed E-state index contributed by atoms with van der Waals surface area (Å²) in [5.41, 5.74) is 0.857. The van der Waals surface area contributed by atoms with Crippen molar-refractivity contribution in [1.29, 1.82) is 0 Å². The Hall–Kier alpha value is -2.23. The molecule has 2 aliphatic heterocycles. The summed E-state index contributed by atoms with van der Waals surface area (Å²) in [6.45, 7) is 1.19. The molecule has 7 nitrogen and oxygen atoms in total. The van der Waals surface area contributed by atoms with E-state index in [0.717, 1.165) is 32.3 Å². The first kappa shape index (κ1) is 22.6. The molecule has 9 heteroatoms. The highest BCUT2D eigenvalue weighted by molar-refractivity contribution is 8.26. The lowest BCUT2D eigenvalue weighted by Gasteiger charge is -2.33. The minimum atomic E-state index is -0.178. The summed E-state index contributed by atoms with van der Waals surface area (Å²) >= 11 is 6.75. The van der Waals surface area contributed by atoms with E-state index in [2.05, 4.69) is 4.90 Å². The number of thioether (sulfide) groups is 1. The van der Waals surface area contributed by atoms with Gasteiger partial charge in [0.15, 0.2) is 0 Å². The molecule has 0 radical (unpaired) electrons. The normalized spacial score (nSPS) is 23.2. The summed E-state index contributed by atoms with van der Waals surface area (Å²) in [7, 11) is 2.01. The van der Waals surface area contributed by atoms with Crippen LogP contribution in [0.15, 0.2) is 34.1 Å². The maximum Gasteiger partial charge on any atom is 0.267 e. The topological polar surface area (TPSA) is 67.2 Å². The quantitative estimate of drug-likeness (QED) is 0.472. The van der Waals surface area contributed by atoms with Crippen molar-refractivity contribution in [3.05, 3.63) is 45.2 Å². The molecule has 0 spiro atoms. The van der Waals surface area contributed by atoms with Crippen molar-refractivity contribution in [2.24, 2.45) is 0 Å². The molecule has 3 fully saturated rings. The van der Waals surface area contributed by atoms with Crippen LogP contribution in [-0.2, 0) is 9.53 Å². The van der Waals surface area contributed by atoms with Gasteiger partial charge >= 0.3 is 0 Å². The molecular formula is C24H28N4O3S2. The molecule has 0 aromatic carbocycles.